The molecule has 0 saturated heterocycles. The summed E-state index contributed by atoms with van der Waals surface area (Å²) in [6.45, 7) is 2.00. The number of carbonyl (C=O) groups is 1. The summed E-state index contributed by atoms with van der Waals surface area (Å²) in [6.07, 6.45) is 0. The fraction of sp³-hybridized carbons (Fsp3) is 0. The fourth-order valence-electron chi connectivity index (χ4n) is 0.859. The second kappa shape index (κ2) is 10.2. The zero-order valence-electron chi connectivity index (χ0n) is 9.25. The van der Waals surface area contributed by atoms with Crippen molar-refractivity contribution in [3.63, 3.8) is 0 Å². The average Bonchev–Trinajstić information content (AvgIpc) is 2.40. The van der Waals surface area contributed by atoms with E-state index in [4.69, 9.17) is 51.2 Å². The van der Waals surface area contributed by atoms with Crippen molar-refractivity contribution in [1.29, 1.82) is 0 Å². The highest BCUT2D eigenvalue weighted by atomic mass is 35.5. The van der Waals surface area contributed by atoms with Gasteiger partial charge in [-0.15, -0.1) is 0 Å². The molecule has 0 spiro atoms. The third-order valence-electron chi connectivity index (χ3n) is 1.61. The Morgan fingerprint density at radius 1 is 0.500 bits per heavy atom. The quantitative estimate of drug-likeness (QED) is 0.598. The molecule has 0 unspecified atom stereocenters. The lowest BCUT2D eigenvalue weighted by Crippen LogP contribution is -1.60. The standard InChI is InChI=1S/2C6H4Cl2.CH2O/c2*7-5-1-2-6(8)4-3-5;1-2/h2*1-4H;1H2. The Balaban J connectivity index is 0.000000283. The fourth-order valence-corrected chi connectivity index (χ4v) is 1.36. The first kappa shape index (κ1) is 17.3. The van der Waals surface area contributed by atoms with Crippen LogP contribution >= 0.6 is 46.4 Å². The number of hydrogen-bond acceptors (Lipinski definition) is 1. The Morgan fingerprint density at radius 2 is 0.611 bits per heavy atom. The Hall–Kier alpha value is -0.730. The summed E-state index contributed by atoms with van der Waals surface area (Å²) in [5.41, 5.74) is 0. The number of halogens is 4. The van der Waals surface area contributed by atoms with Gasteiger partial charge in [0.25, 0.3) is 0 Å². The Bertz CT molecular complexity index is 354. The van der Waals surface area contributed by atoms with E-state index in [0.29, 0.717) is 0 Å². The highest BCUT2D eigenvalue weighted by Gasteiger charge is 1.84. The van der Waals surface area contributed by atoms with Gasteiger partial charge < -0.3 is 4.79 Å². The molecular formula is C13H10Cl4O. The van der Waals surface area contributed by atoms with Crippen LogP contribution in [-0.4, -0.2) is 6.79 Å². The van der Waals surface area contributed by atoms with Crippen LogP contribution in [0.3, 0.4) is 0 Å². The lowest BCUT2D eigenvalue weighted by atomic mass is 10.4. The van der Waals surface area contributed by atoms with E-state index in [9.17, 15) is 0 Å². The molecular weight excluding hydrogens is 314 g/mol. The molecule has 96 valence electrons. The minimum absolute atomic E-state index is 0.717. The zero-order valence-corrected chi connectivity index (χ0v) is 12.3. The van der Waals surface area contributed by atoms with Crippen molar-refractivity contribution < 1.29 is 4.79 Å². The first-order valence-electron chi connectivity index (χ1n) is 4.69. The molecule has 2 aromatic rings. The molecule has 5 heteroatoms. The van der Waals surface area contributed by atoms with Crippen LogP contribution in [0.25, 0.3) is 0 Å². The highest BCUT2D eigenvalue weighted by Crippen LogP contribution is 2.13. The van der Waals surface area contributed by atoms with Crippen LogP contribution < -0.4 is 0 Å². The molecule has 0 fully saturated rings. The van der Waals surface area contributed by atoms with Gasteiger partial charge in [-0.1, -0.05) is 46.4 Å². The van der Waals surface area contributed by atoms with Gasteiger partial charge in [-0.3, -0.25) is 0 Å². The van der Waals surface area contributed by atoms with E-state index in [-0.39, 0.29) is 0 Å². The second-order valence-corrected chi connectivity index (χ2v) is 4.62. The normalized spacial score (nSPS) is 8.44. The van der Waals surface area contributed by atoms with E-state index in [1.807, 2.05) is 6.79 Å². The van der Waals surface area contributed by atoms with Crippen LogP contribution in [-0.2, 0) is 4.79 Å². The number of rotatable bonds is 0. The predicted molar refractivity (Wildman–Crippen MR) is 80.0 cm³/mol. The van der Waals surface area contributed by atoms with Crippen molar-refractivity contribution in [3.8, 4) is 0 Å². The number of hydrogen-bond donors (Lipinski definition) is 0. The number of carbonyl (C=O) groups excluding carboxylic acids is 1. The summed E-state index contributed by atoms with van der Waals surface area (Å²) in [7, 11) is 0. The van der Waals surface area contributed by atoms with Gasteiger partial charge in [0.2, 0.25) is 0 Å². The van der Waals surface area contributed by atoms with Crippen LogP contribution in [0.1, 0.15) is 0 Å². The minimum atomic E-state index is 0.717. The van der Waals surface area contributed by atoms with E-state index in [1.165, 1.54) is 0 Å². The van der Waals surface area contributed by atoms with E-state index in [2.05, 4.69) is 0 Å². The maximum atomic E-state index is 8.00. The molecule has 0 saturated carbocycles. The van der Waals surface area contributed by atoms with Crippen molar-refractivity contribution in [2.75, 3.05) is 0 Å². The molecule has 0 aromatic heterocycles. The van der Waals surface area contributed by atoms with Crippen LogP contribution in [0.4, 0.5) is 0 Å². The van der Waals surface area contributed by atoms with E-state index in [0.717, 1.165) is 20.1 Å². The van der Waals surface area contributed by atoms with Gasteiger partial charge >= 0.3 is 0 Å². The lowest BCUT2D eigenvalue weighted by molar-refractivity contribution is -0.0979. The predicted octanol–water partition coefficient (Wildman–Crippen LogP) is 5.80. The molecule has 2 aromatic carbocycles. The SMILES string of the molecule is C=O.Clc1ccc(Cl)cc1.Clc1ccc(Cl)cc1. The molecule has 18 heavy (non-hydrogen) atoms. The van der Waals surface area contributed by atoms with E-state index in [1.54, 1.807) is 48.5 Å². The third-order valence-corrected chi connectivity index (χ3v) is 2.61. The molecule has 0 aliphatic rings. The first-order valence-corrected chi connectivity index (χ1v) is 6.20. The number of benzene rings is 2. The molecule has 0 aliphatic carbocycles. The zero-order chi connectivity index (χ0) is 14.0. The van der Waals surface area contributed by atoms with Gasteiger partial charge in [0.15, 0.2) is 0 Å². The van der Waals surface area contributed by atoms with Crippen molar-refractivity contribution in [2.24, 2.45) is 0 Å². The van der Waals surface area contributed by atoms with Crippen LogP contribution in [0.15, 0.2) is 48.5 Å². The molecule has 0 atom stereocenters. The molecule has 2 rings (SSSR count). The topological polar surface area (TPSA) is 17.1 Å². The van der Waals surface area contributed by atoms with Gasteiger partial charge in [0, 0.05) is 20.1 Å². The van der Waals surface area contributed by atoms with Gasteiger partial charge in [-0.05, 0) is 48.5 Å². The summed E-state index contributed by atoms with van der Waals surface area (Å²) in [4.78, 5) is 8.00. The Morgan fingerprint density at radius 3 is 0.722 bits per heavy atom. The van der Waals surface area contributed by atoms with Gasteiger partial charge in [-0.25, -0.2) is 0 Å². The Labute approximate surface area is 126 Å². The van der Waals surface area contributed by atoms with Crippen molar-refractivity contribution in [3.05, 3.63) is 68.6 Å². The summed E-state index contributed by atoms with van der Waals surface area (Å²) >= 11 is 22.2. The molecule has 0 heterocycles. The van der Waals surface area contributed by atoms with Gasteiger partial charge in [-0.2, -0.15) is 0 Å². The first-order chi connectivity index (χ1) is 8.58. The average molecular weight is 324 g/mol. The molecule has 1 nitrogen and oxygen atoms in total. The van der Waals surface area contributed by atoms with Crippen LogP contribution in [0.5, 0.6) is 0 Å². The third kappa shape index (κ3) is 8.37. The Kier molecular flexibility index (Phi) is 9.80. The molecule has 0 amide bonds. The monoisotopic (exact) mass is 322 g/mol. The largest absolute Gasteiger partial charge is 0.307 e. The maximum absolute atomic E-state index is 8.00. The summed E-state index contributed by atoms with van der Waals surface area (Å²) < 4.78 is 0. The van der Waals surface area contributed by atoms with Crippen molar-refractivity contribution in [2.45, 2.75) is 0 Å². The van der Waals surface area contributed by atoms with Gasteiger partial charge in [0.05, 0.1) is 0 Å². The highest BCUT2D eigenvalue weighted by molar-refractivity contribution is 6.33. The molecule has 0 aliphatic heterocycles. The lowest BCUT2D eigenvalue weighted by Gasteiger charge is -1.86. The smallest absolute Gasteiger partial charge is 0.106 e. The van der Waals surface area contributed by atoms with Crippen molar-refractivity contribution >= 4 is 53.2 Å². The van der Waals surface area contributed by atoms with E-state index < -0.39 is 0 Å². The summed E-state index contributed by atoms with van der Waals surface area (Å²) in [5, 5.41) is 2.87. The molecule has 0 bridgehead atoms. The maximum Gasteiger partial charge on any atom is 0.106 e. The van der Waals surface area contributed by atoms with Crippen LogP contribution in [0.2, 0.25) is 20.1 Å². The summed E-state index contributed by atoms with van der Waals surface area (Å²) in [5.74, 6) is 0. The van der Waals surface area contributed by atoms with Crippen LogP contribution in [0, 0.1) is 0 Å². The van der Waals surface area contributed by atoms with Gasteiger partial charge in [0.1, 0.15) is 6.79 Å². The molecule has 0 radical (unpaired) electrons. The summed E-state index contributed by atoms with van der Waals surface area (Å²) in [6, 6.07) is 14.0. The van der Waals surface area contributed by atoms with Crippen molar-refractivity contribution in [1.82, 2.24) is 0 Å². The molecule has 0 N–H and O–H groups in total. The minimum Gasteiger partial charge on any atom is -0.307 e. The van der Waals surface area contributed by atoms with E-state index >= 15 is 0 Å². The second-order valence-electron chi connectivity index (χ2n) is 2.87.